The zero-order valence-corrected chi connectivity index (χ0v) is 25.9. The Kier molecular flexibility index (Phi) is 17.6. The molecule has 0 aromatic carbocycles. The second-order valence-corrected chi connectivity index (χ2v) is 12.4. The molecule has 2 rings (SSSR count). The molecule has 0 bridgehead atoms. The van der Waals surface area contributed by atoms with Gasteiger partial charge in [0.1, 0.15) is 0 Å². The molecule has 0 aromatic heterocycles. The number of nitrogens with zero attached hydrogens (tertiary/aromatic N) is 1. The Balaban J connectivity index is 1.32. The van der Waals surface area contributed by atoms with Crippen LogP contribution in [0.5, 0.6) is 0 Å². The van der Waals surface area contributed by atoms with Gasteiger partial charge in [-0.2, -0.15) is 11.8 Å². The summed E-state index contributed by atoms with van der Waals surface area (Å²) < 4.78 is 16.7. The summed E-state index contributed by atoms with van der Waals surface area (Å²) in [5.74, 6) is 1.13. The molecule has 2 fully saturated rings. The molecular weight excluding hydrogens is 548 g/mol. The number of nitrogens with two attached hydrogens (primary N) is 2. The molecule has 3 atom stereocenters. The smallest absolute Gasteiger partial charge is 0.315 e. The van der Waals surface area contributed by atoms with Gasteiger partial charge in [0.25, 0.3) is 0 Å². The van der Waals surface area contributed by atoms with E-state index in [1.165, 1.54) is 0 Å². The Morgan fingerprint density at radius 2 is 1.66 bits per heavy atom. The summed E-state index contributed by atoms with van der Waals surface area (Å²) in [6.07, 6.45) is 6.67. The maximum absolute atomic E-state index is 12.4. The van der Waals surface area contributed by atoms with Gasteiger partial charge >= 0.3 is 6.03 Å². The van der Waals surface area contributed by atoms with Crippen LogP contribution in [-0.2, 0) is 23.8 Å². The minimum absolute atomic E-state index is 0.0557. The number of thioether (sulfide) groups is 1. The summed E-state index contributed by atoms with van der Waals surface area (Å²) >= 11 is 1.91. The molecule has 13 heteroatoms. The largest absolute Gasteiger partial charge is 0.379 e. The predicted molar refractivity (Wildman–Crippen MR) is 162 cm³/mol. The Labute approximate surface area is 250 Å². The minimum Gasteiger partial charge on any atom is -0.379 e. The lowest BCUT2D eigenvalue weighted by Crippen LogP contribution is -2.47. The van der Waals surface area contributed by atoms with E-state index < -0.39 is 5.66 Å². The van der Waals surface area contributed by atoms with Crippen LogP contribution in [0.4, 0.5) is 4.79 Å². The topological polar surface area (TPSA) is 170 Å². The molecule has 12 nitrogen and oxygen atoms in total. The number of hydrogen-bond acceptors (Lipinski definition) is 9. The molecule has 41 heavy (non-hydrogen) atoms. The number of urea groups is 1. The number of carbonyl (C=O) groups is 3. The Morgan fingerprint density at radius 3 is 2.34 bits per heavy atom. The van der Waals surface area contributed by atoms with Crippen molar-refractivity contribution in [2.24, 2.45) is 11.5 Å². The number of rotatable bonds is 24. The first-order valence-corrected chi connectivity index (χ1v) is 16.3. The maximum atomic E-state index is 12.4. The highest BCUT2D eigenvalue weighted by Crippen LogP contribution is 2.33. The SMILES string of the molecule is CCCN(CCCOCCOCCOCCCNC(=O)CCCC[C@@H]1SC[C@@H]2NC(=O)N[C@@H]21)C(=O)CCC(C)(N)N. The zero-order valence-electron chi connectivity index (χ0n) is 25.1. The third-order valence-electron chi connectivity index (χ3n) is 7.05. The Bertz CT molecular complexity index is 771. The van der Waals surface area contributed by atoms with E-state index in [-0.39, 0.29) is 29.9 Å². The highest BCUT2D eigenvalue weighted by atomic mass is 32.2. The van der Waals surface area contributed by atoms with Gasteiger partial charge in [0.05, 0.1) is 44.2 Å². The minimum atomic E-state index is -0.824. The van der Waals surface area contributed by atoms with Gasteiger partial charge in [0.2, 0.25) is 11.8 Å². The second-order valence-electron chi connectivity index (χ2n) is 11.1. The Hall–Kier alpha value is -1.64. The first kappa shape index (κ1) is 35.6. The summed E-state index contributed by atoms with van der Waals surface area (Å²) in [6, 6.07) is 0.427. The van der Waals surface area contributed by atoms with Gasteiger partial charge in [-0.1, -0.05) is 13.3 Å². The van der Waals surface area contributed by atoms with Crippen LogP contribution < -0.4 is 27.4 Å². The predicted octanol–water partition coefficient (Wildman–Crippen LogP) is 1.31. The average Bonchev–Trinajstić information content (AvgIpc) is 3.47. The number of hydrogen-bond donors (Lipinski definition) is 5. The second kappa shape index (κ2) is 20.3. The van der Waals surface area contributed by atoms with Gasteiger partial charge in [-0.25, -0.2) is 4.79 Å². The summed E-state index contributed by atoms with van der Waals surface area (Å²) in [5.41, 5.74) is 10.7. The average molecular weight is 603 g/mol. The fourth-order valence-electron chi connectivity index (χ4n) is 4.83. The number of fused-ring (bicyclic) bond motifs is 1. The van der Waals surface area contributed by atoms with E-state index in [1.807, 2.05) is 16.7 Å². The van der Waals surface area contributed by atoms with Crippen molar-refractivity contribution in [2.45, 2.75) is 94.6 Å². The summed E-state index contributed by atoms with van der Waals surface area (Å²) in [7, 11) is 0. The number of ether oxygens (including phenoxy) is 3. The molecule has 238 valence electrons. The quantitative estimate of drug-likeness (QED) is 0.0621. The Morgan fingerprint density at radius 1 is 0.976 bits per heavy atom. The van der Waals surface area contributed by atoms with Gasteiger partial charge in [-0.3, -0.25) is 9.59 Å². The van der Waals surface area contributed by atoms with Crippen molar-refractivity contribution >= 4 is 29.6 Å². The highest BCUT2D eigenvalue weighted by Gasteiger charge is 2.42. The summed E-state index contributed by atoms with van der Waals surface area (Å²) in [6.45, 7) is 8.91. The van der Waals surface area contributed by atoms with Crippen LogP contribution in [0.1, 0.15) is 71.6 Å². The van der Waals surface area contributed by atoms with E-state index >= 15 is 0 Å². The van der Waals surface area contributed by atoms with Gasteiger partial charge in [0, 0.05) is 56.7 Å². The van der Waals surface area contributed by atoms with Crippen LogP contribution in [0.2, 0.25) is 0 Å². The molecule has 2 saturated heterocycles. The number of nitrogens with one attached hydrogen (secondary N) is 3. The van der Waals surface area contributed by atoms with Crippen LogP contribution in [0, 0.1) is 0 Å². The molecular formula is C28H54N6O6S. The van der Waals surface area contributed by atoms with E-state index in [0.717, 1.165) is 50.8 Å². The van der Waals surface area contributed by atoms with Gasteiger partial charge in [0.15, 0.2) is 0 Å². The van der Waals surface area contributed by atoms with Gasteiger partial charge in [-0.15, -0.1) is 0 Å². The molecule has 7 N–H and O–H groups in total. The molecule has 2 heterocycles. The van der Waals surface area contributed by atoms with E-state index in [9.17, 15) is 14.4 Å². The van der Waals surface area contributed by atoms with Crippen molar-refractivity contribution in [3.8, 4) is 0 Å². The maximum Gasteiger partial charge on any atom is 0.315 e. The standard InChI is InChI=1S/C28H54N6O6S/c1-3-13-34(25(36)10-11-28(2,29)30)14-7-16-39-18-20-40-19-17-38-15-6-12-31-24(35)9-5-4-8-23-26-22(21-41-23)32-27(37)33-26/h22-23,26H,3-21,29-30H2,1-2H3,(H,31,35)(H2,32,33,37)/t22-,23-,26-/m0/s1. The van der Waals surface area contributed by atoms with Crippen molar-refractivity contribution in [2.75, 3.05) is 65.0 Å². The number of unbranched alkanes of at least 4 members (excludes halogenated alkanes) is 1. The third kappa shape index (κ3) is 16.0. The molecule has 0 unspecified atom stereocenters. The first-order valence-electron chi connectivity index (χ1n) is 15.2. The lowest BCUT2D eigenvalue weighted by atomic mass is 10.0. The molecule has 2 aliphatic rings. The van der Waals surface area contributed by atoms with Gasteiger partial charge < -0.3 is 46.5 Å². The lowest BCUT2D eigenvalue weighted by Gasteiger charge is -2.24. The van der Waals surface area contributed by atoms with Gasteiger partial charge in [-0.05, 0) is 45.4 Å². The van der Waals surface area contributed by atoms with E-state index in [0.29, 0.717) is 77.2 Å². The van der Waals surface area contributed by atoms with Crippen LogP contribution >= 0.6 is 11.8 Å². The first-order chi connectivity index (χ1) is 19.7. The van der Waals surface area contributed by atoms with Crippen molar-refractivity contribution < 1.29 is 28.6 Å². The van der Waals surface area contributed by atoms with Crippen molar-refractivity contribution in [1.82, 2.24) is 20.9 Å². The van der Waals surface area contributed by atoms with Crippen LogP contribution in [0.15, 0.2) is 0 Å². The fraction of sp³-hybridized carbons (Fsp3) is 0.893. The van der Waals surface area contributed by atoms with E-state index in [4.69, 9.17) is 25.7 Å². The molecule has 0 spiro atoms. The molecule has 0 radical (unpaired) electrons. The van der Waals surface area contributed by atoms with E-state index in [1.54, 1.807) is 6.92 Å². The lowest BCUT2D eigenvalue weighted by molar-refractivity contribution is -0.131. The molecule has 0 saturated carbocycles. The van der Waals surface area contributed by atoms with Crippen LogP contribution in [-0.4, -0.2) is 111 Å². The normalized spacial score (nSPS) is 20.0. The van der Waals surface area contributed by atoms with Crippen molar-refractivity contribution in [3.05, 3.63) is 0 Å². The molecule has 0 aromatic rings. The van der Waals surface area contributed by atoms with Crippen molar-refractivity contribution in [3.63, 3.8) is 0 Å². The number of carbonyl (C=O) groups excluding carboxylic acids is 3. The van der Waals surface area contributed by atoms with Crippen molar-refractivity contribution in [1.29, 1.82) is 0 Å². The van der Waals surface area contributed by atoms with E-state index in [2.05, 4.69) is 22.9 Å². The van der Waals surface area contributed by atoms with Crippen LogP contribution in [0.25, 0.3) is 0 Å². The van der Waals surface area contributed by atoms with Crippen LogP contribution in [0.3, 0.4) is 0 Å². The molecule has 4 amide bonds. The third-order valence-corrected chi connectivity index (χ3v) is 8.56. The highest BCUT2D eigenvalue weighted by molar-refractivity contribution is 8.00. The molecule has 0 aliphatic carbocycles. The zero-order chi connectivity index (χ0) is 29.9. The monoisotopic (exact) mass is 602 g/mol. The summed E-state index contributed by atoms with van der Waals surface area (Å²) in [5, 5.41) is 9.36. The summed E-state index contributed by atoms with van der Waals surface area (Å²) in [4.78, 5) is 37.7. The fourth-order valence-corrected chi connectivity index (χ4v) is 6.37. The molecule has 2 aliphatic heterocycles. The number of amides is 4.